The normalized spacial score (nSPS) is 27.0. The Labute approximate surface area is 264 Å². The summed E-state index contributed by atoms with van der Waals surface area (Å²) in [4.78, 5) is 15.7. The third-order valence-corrected chi connectivity index (χ3v) is 10.6. The van der Waals surface area contributed by atoms with Crippen molar-refractivity contribution in [2.75, 3.05) is 37.7 Å². The lowest BCUT2D eigenvalue weighted by Gasteiger charge is -2.43. The molecule has 240 valence electrons. The number of alkyl halides is 1. The van der Waals surface area contributed by atoms with Crippen molar-refractivity contribution in [2.24, 2.45) is 0 Å². The highest BCUT2D eigenvalue weighted by atomic mass is 19.1. The molecule has 2 N–H and O–H groups in total. The minimum absolute atomic E-state index is 0.00469. The fourth-order valence-electron chi connectivity index (χ4n) is 8.53. The van der Waals surface area contributed by atoms with E-state index in [4.69, 9.17) is 9.72 Å². The molecule has 2 bridgehead atoms. The third-order valence-electron chi connectivity index (χ3n) is 10.6. The van der Waals surface area contributed by atoms with Crippen molar-refractivity contribution >= 4 is 27.5 Å². The standard InChI is InChI=1S/C35H36F3N5O3/c1-2-29(45)43-22-7-8-23(43)18-41(17-22)33-26-10-9-25(27-14-24(44)13-20-5-3-6-28(37)30(20)27)31(38)32(26)39-34(40-33)46-19-35-11-4-12-42(35)16-21(36)15-35/h2-3,5-6,9-10,13-14,21-23,29,44-45H,1,4,7-8,11-12,15-19H2/t21-,22?,23?,29?,35?/m1/s1. The number of hydrogen-bond acceptors (Lipinski definition) is 8. The number of aromatic hydroxyl groups is 1. The van der Waals surface area contributed by atoms with Crippen molar-refractivity contribution in [3.8, 4) is 22.9 Å². The number of phenolic OH excluding ortho intramolecular Hbond substituents is 1. The summed E-state index contributed by atoms with van der Waals surface area (Å²) >= 11 is 0. The zero-order valence-electron chi connectivity index (χ0n) is 25.4. The Morgan fingerprint density at radius 3 is 2.65 bits per heavy atom. The molecule has 0 spiro atoms. The van der Waals surface area contributed by atoms with Crippen LogP contribution in [0, 0.1) is 11.6 Å². The van der Waals surface area contributed by atoms with Gasteiger partial charge in [-0.2, -0.15) is 9.97 Å². The average Bonchev–Trinajstić information content (AvgIpc) is 3.66. The predicted molar refractivity (Wildman–Crippen MR) is 170 cm³/mol. The monoisotopic (exact) mass is 631 g/mol. The number of anilines is 1. The number of nitrogens with zero attached hydrogens (tertiary/aromatic N) is 5. The van der Waals surface area contributed by atoms with Gasteiger partial charge in [-0.1, -0.05) is 24.8 Å². The van der Waals surface area contributed by atoms with Crippen molar-refractivity contribution < 1.29 is 28.1 Å². The van der Waals surface area contributed by atoms with E-state index < -0.39 is 29.6 Å². The summed E-state index contributed by atoms with van der Waals surface area (Å²) in [6.45, 7) is 6.25. The van der Waals surface area contributed by atoms with E-state index in [0.717, 1.165) is 32.2 Å². The Bertz CT molecular complexity index is 1840. The van der Waals surface area contributed by atoms with Gasteiger partial charge in [0.25, 0.3) is 0 Å². The third kappa shape index (κ3) is 4.70. The van der Waals surface area contributed by atoms with Gasteiger partial charge in [-0.25, -0.2) is 13.2 Å². The molecule has 11 heteroatoms. The van der Waals surface area contributed by atoms with Crippen LogP contribution in [0.3, 0.4) is 0 Å². The number of aromatic nitrogens is 2. The topological polar surface area (TPSA) is 85.2 Å². The highest BCUT2D eigenvalue weighted by molar-refractivity contribution is 6.01. The molecule has 4 fully saturated rings. The van der Waals surface area contributed by atoms with Crippen molar-refractivity contribution in [3.63, 3.8) is 0 Å². The Morgan fingerprint density at radius 1 is 1.07 bits per heavy atom. The number of rotatable bonds is 7. The number of benzene rings is 3. The first-order valence-electron chi connectivity index (χ1n) is 16.0. The van der Waals surface area contributed by atoms with Crippen LogP contribution in [0.2, 0.25) is 0 Å². The van der Waals surface area contributed by atoms with Gasteiger partial charge in [-0.3, -0.25) is 9.80 Å². The molecule has 4 aliphatic rings. The van der Waals surface area contributed by atoms with E-state index in [1.54, 1.807) is 24.3 Å². The van der Waals surface area contributed by atoms with E-state index in [0.29, 0.717) is 42.6 Å². The van der Waals surface area contributed by atoms with Crippen LogP contribution in [0.5, 0.6) is 11.8 Å². The summed E-state index contributed by atoms with van der Waals surface area (Å²) in [6.07, 6.45) is 3.79. The molecule has 5 heterocycles. The van der Waals surface area contributed by atoms with Gasteiger partial charge >= 0.3 is 6.01 Å². The van der Waals surface area contributed by atoms with Crippen molar-refractivity contribution in [2.45, 2.75) is 62.1 Å². The number of ether oxygens (including phenoxy) is 1. The lowest BCUT2D eigenvalue weighted by Crippen LogP contribution is -2.57. The molecule has 0 amide bonds. The maximum absolute atomic E-state index is 16.8. The SMILES string of the molecule is C=CC(O)N1C2CCC1CN(c1nc(OCC34CCCN3C[C@H](F)C4)nc3c(F)c(-c4cc(O)cc5cccc(F)c45)ccc13)C2. The molecule has 4 saturated heterocycles. The number of phenols is 1. The van der Waals surface area contributed by atoms with Crippen LogP contribution >= 0.6 is 0 Å². The fourth-order valence-corrected chi connectivity index (χ4v) is 8.53. The first kappa shape index (κ1) is 29.5. The van der Waals surface area contributed by atoms with Crippen LogP contribution in [-0.4, -0.2) is 92.8 Å². The summed E-state index contributed by atoms with van der Waals surface area (Å²) in [5, 5.41) is 22.2. The molecular formula is C35H36F3N5O3. The molecule has 4 unspecified atom stereocenters. The zero-order chi connectivity index (χ0) is 31.7. The summed E-state index contributed by atoms with van der Waals surface area (Å²) in [5.74, 6) is -0.816. The van der Waals surface area contributed by atoms with Crippen LogP contribution in [0.25, 0.3) is 32.8 Å². The van der Waals surface area contributed by atoms with Crippen molar-refractivity contribution in [1.29, 1.82) is 0 Å². The smallest absolute Gasteiger partial charge is 0.319 e. The van der Waals surface area contributed by atoms with E-state index in [-0.39, 0.29) is 52.5 Å². The molecule has 0 saturated carbocycles. The molecule has 1 aromatic heterocycles. The van der Waals surface area contributed by atoms with E-state index in [2.05, 4.69) is 26.3 Å². The highest BCUT2D eigenvalue weighted by Crippen LogP contribution is 2.43. The quantitative estimate of drug-likeness (QED) is 0.257. The number of fused-ring (bicyclic) bond motifs is 5. The van der Waals surface area contributed by atoms with Crippen LogP contribution < -0.4 is 9.64 Å². The minimum Gasteiger partial charge on any atom is -0.508 e. The van der Waals surface area contributed by atoms with Gasteiger partial charge in [0.05, 0.1) is 5.54 Å². The molecule has 4 aromatic rings. The molecule has 5 atom stereocenters. The van der Waals surface area contributed by atoms with E-state index >= 15 is 8.78 Å². The summed E-state index contributed by atoms with van der Waals surface area (Å²) in [7, 11) is 0. The van der Waals surface area contributed by atoms with Gasteiger partial charge in [0.2, 0.25) is 0 Å². The van der Waals surface area contributed by atoms with Crippen LogP contribution in [-0.2, 0) is 0 Å². The number of hydrogen-bond donors (Lipinski definition) is 2. The largest absolute Gasteiger partial charge is 0.508 e. The summed E-state index contributed by atoms with van der Waals surface area (Å²) < 4.78 is 52.7. The fraction of sp³-hybridized carbons (Fsp3) is 0.429. The van der Waals surface area contributed by atoms with Gasteiger partial charge < -0.3 is 19.8 Å². The zero-order valence-corrected chi connectivity index (χ0v) is 25.4. The Morgan fingerprint density at radius 2 is 1.87 bits per heavy atom. The summed E-state index contributed by atoms with van der Waals surface area (Å²) in [5.41, 5.74) is -0.130. The lowest BCUT2D eigenvalue weighted by atomic mass is 9.95. The average molecular weight is 632 g/mol. The Balaban J connectivity index is 1.24. The second kappa shape index (κ2) is 11.1. The number of halogens is 3. The molecule has 46 heavy (non-hydrogen) atoms. The molecule has 8 rings (SSSR count). The molecule has 3 aromatic carbocycles. The van der Waals surface area contributed by atoms with Gasteiger partial charge in [0.1, 0.15) is 41.9 Å². The van der Waals surface area contributed by atoms with Crippen LogP contribution in [0.15, 0.2) is 55.1 Å². The van der Waals surface area contributed by atoms with E-state index in [9.17, 15) is 14.6 Å². The molecule has 8 nitrogen and oxygen atoms in total. The summed E-state index contributed by atoms with van der Waals surface area (Å²) in [6, 6.07) is 10.7. The first-order chi connectivity index (χ1) is 22.2. The minimum atomic E-state index is -0.924. The second-order valence-corrected chi connectivity index (χ2v) is 13.2. The van der Waals surface area contributed by atoms with E-state index in [1.165, 1.54) is 24.3 Å². The van der Waals surface area contributed by atoms with Crippen molar-refractivity contribution in [3.05, 3.63) is 66.8 Å². The van der Waals surface area contributed by atoms with Crippen LogP contribution in [0.1, 0.15) is 32.1 Å². The first-order valence-corrected chi connectivity index (χ1v) is 16.0. The maximum Gasteiger partial charge on any atom is 0.319 e. The Kier molecular flexibility index (Phi) is 7.11. The van der Waals surface area contributed by atoms with Gasteiger partial charge in [0.15, 0.2) is 5.82 Å². The lowest BCUT2D eigenvalue weighted by molar-refractivity contribution is -0.00258. The molecule has 4 aliphatic heterocycles. The maximum atomic E-state index is 16.8. The van der Waals surface area contributed by atoms with Gasteiger partial charge in [0, 0.05) is 54.5 Å². The van der Waals surface area contributed by atoms with Crippen molar-refractivity contribution in [1.82, 2.24) is 19.8 Å². The number of aliphatic hydroxyl groups excluding tert-OH is 1. The highest BCUT2D eigenvalue weighted by Gasteiger charge is 2.49. The predicted octanol–water partition coefficient (Wildman–Crippen LogP) is 5.55. The van der Waals surface area contributed by atoms with Gasteiger partial charge in [-0.05, 0) is 73.5 Å². The van der Waals surface area contributed by atoms with Crippen LogP contribution in [0.4, 0.5) is 19.0 Å². The molecule has 0 aliphatic carbocycles. The number of aliphatic hydroxyl groups is 1. The number of piperazine rings is 1. The molecular weight excluding hydrogens is 595 g/mol. The Hall–Kier alpha value is -3.93. The molecule has 0 radical (unpaired) electrons. The van der Waals surface area contributed by atoms with E-state index in [1.807, 2.05) is 0 Å². The second-order valence-electron chi connectivity index (χ2n) is 13.2. The van der Waals surface area contributed by atoms with Gasteiger partial charge in [-0.15, -0.1) is 0 Å².